The number of rotatable bonds is 5. The minimum atomic E-state index is 0.683. The smallest absolute Gasteiger partial charge is 0.146 e. The Morgan fingerprint density at radius 2 is 2.25 bits per heavy atom. The number of aromatic nitrogens is 1. The van der Waals surface area contributed by atoms with Crippen molar-refractivity contribution in [1.29, 1.82) is 5.26 Å². The van der Waals surface area contributed by atoms with E-state index >= 15 is 0 Å². The zero-order valence-electron chi connectivity index (χ0n) is 12.1. The van der Waals surface area contributed by atoms with Crippen molar-refractivity contribution >= 4 is 17.6 Å². The third-order valence-electron chi connectivity index (χ3n) is 3.55. The van der Waals surface area contributed by atoms with E-state index in [-0.39, 0.29) is 0 Å². The summed E-state index contributed by atoms with van der Waals surface area (Å²) in [5.74, 6) is 3.25. The molecule has 0 saturated carbocycles. The summed E-state index contributed by atoms with van der Waals surface area (Å²) in [7, 11) is 0. The zero-order chi connectivity index (χ0) is 14.2. The monoisotopic (exact) mass is 290 g/mol. The summed E-state index contributed by atoms with van der Waals surface area (Å²) in [5, 5.41) is 9.18. The van der Waals surface area contributed by atoms with Crippen molar-refractivity contribution in [1.82, 2.24) is 9.88 Å². The van der Waals surface area contributed by atoms with Crippen LogP contribution in [0.3, 0.4) is 0 Å². The fourth-order valence-electron chi connectivity index (χ4n) is 2.48. The molecule has 5 heteroatoms. The van der Waals surface area contributed by atoms with Crippen molar-refractivity contribution in [3.05, 3.63) is 23.9 Å². The maximum absolute atomic E-state index is 9.18. The van der Waals surface area contributed by atoms with Crippen LogP contribution in [0.2, 0.25) is 0 Å². The van der Waals surface area contributed by atoms with Crippen molar-refractivity contribution in [3.63, 3.8) is 0 Å². The molecule has 1 saturated heterocycles. The molecule has 0 unspecified atom stereocenters. The highest BCUT2D eigenvalue weighted by molar-refractivity contribution is 7.99. The molecule has 0 aromatic carbocycles. The number of anilines is 1. The van der Waals surface area contributed by atoms with Crippen LogP contribution in [0.1, 0.15) is 18.9 Å². The molecule has 1 aliphatic rings. The highest BCUT2D eigenvalue weighted by Crippen LogP contribution is 2.18. The summed E-state index contributed by atoms with van der Waals surface area (Å²) in [6.45, 7) is 7.53. The second-order valence-electron chi connectivity index (χ2n) is 4.87. The third-order valence-corrected chi connectivity index (χ3v) is 4.43. The number of nitrogens with zero attached hydrogens (tertiary/aromatic N) is 4. The van der Waals surface area contributed by atoms with Gasteiger partial charge in [-0.2, -0.15) is 17.0 Å². The van der Waals surface area contributed by atoms with Crippen molar-refractivity contribution in [2.45, 2.75) is 13.3 Å². The average Bonchev–Trinajstić information content (AvgIpc) is 2.73. The standard InChI is InChI=1S/C15H22N4S/c1-2-20-12-11-18-7-4-8-19(10-9-18)15-14(13-16)5-3-6-17-15/h3,5-6H,2,4,7-12H2,1H3. The predicted octanol–water partition coefficient (Wildman–Crippen LogP) is 2.22. The molecule has 0 spiro atoms. The van der Waals surface area contributed by atoms with Gasteiger partial charge in [-0.05, 0) is 30.9 Å². The highest BCUT2D eigenvalue weighted by Gasteiger charge is 2.17. The Morgan fingerprint density at radius 1 is 1.35 bits per heavy atom. The SMILES string of the molecule is CCSCCN1CCCN(c2ncccc2C#N)CC1. The van der Waals surface area contributed by atoms with Crippen LogP contribution >= 0.6 is 11.8 Å². The molecule has 1 aromatic rings. The van der Waals surface area contributed by atoms with Crippen LogP contribution in [-0.2, 0) is 0 Å². The van der Waals surface area contributed by atoms with Crippen LogP contribution in [0.15, 0.2) is 18.3 Å². The Kier molecular flexibility index (Phi) is 6.16. The minimum Gasteiger partial charge on any atom is -0.354 e. The van der Waals surface area contributed by atoms with E-state index in [2.05, 4.69) is 27.8 Å². The average molecular weight is 290 g/mol. The lowest BCUT2D eigenvalue weighted by Gasteiger charge is -2.23. The maximum Gasteiger partial charge on any atom is 0.146 e. The molecule has 0 atom stereocenters. The summed E-state index contributed by atoms with van der Waals surface area (Å²) >= 11 is 2.00. The molecule has 1 aliphatic heterocycles. The second-order valence-corrected chi connectivity index (χ2v) is 6.26. The number of hydrogen-bond donors (Lipinski definition) is 0. The molecule has 108 valence electrons. The van der Waals surface area contributed by atoms with Crippen molar-refractivity contribution in [2.75, 3.05) is 49.1 Å². The predicted molar refractivity (Wildman–Crippen MR) is 85.2 cm³/mol. The molecule has 4 nitrogen and oxygen atoms in total. The van der Waals surface area contributed by atoms with Gasteiger partial charge in [0.25, 0.3) is 0 Å². The molecule has 1 fully saturated rings. The summed E-state index contributed by atoms with van der Waals surface area (Å²) in [4.78, 5) is 9.18. The molecule has 0 bridgehead atoms. The van der Waals surface area contributed by atoms with Gasteiger partial charge < -0.3 is 9.80 Å². The summed E-state index contributed by atoms with van der Waals surface area (Å²) in [6, 6.07) is 5.92. The number of hydrogen-bond acceptors (Lipinski definition) is 5. The number of nitriles is 1. The van der Waals surface area contributed by atoms with Crippen molar-refractivity contribution < 1.29 is 0 Å². The molecule has 2 rings (SSSR count). The first kappa shape index (κ1) is 15.1. The van der Waals surface area contributed by atoms with E-state index in [0.29, 0.717) is 5.56 Å². The van der Waals surface area contributed by atoms with E-state index in [1.165, 1.54) is 18.1 Å². The molecule has 0 radical (unpaired) electrons. The van der Waals surface area contributed by atoms with Gasteiger partial charge in [-0.25, -0.2) is 4.98 Å². The van der Waals surface area contributed by atoms with E-state index in [4.69, 9.17) is 0 Å². The highest BCUT2D eigenvalue weighted by atomic mass is 32.2. The Balaban J connectivity index is 1.94. The minimum absolute atomic E-state index is 0.683. The molecule has 0 amide bonds. The number of pyridine rings is 1. The fourth-order valence-corrected chi connectivity index (χ4v) is 3.16. The summed E-state index contributed by atoms with van der Waals surface area (Å²) in [6.07, 6.45) is 2.91. The topological polar surface area (TPSA) is 43.2 Å². The van der Waals surface area contributed by atoms with Crippen molar-refractivity contribution in [2.24, 2.45) is 0 Å². The second kappa shape index (κ2) is 8.13. The first-order chi connectivity index (χ1) is 9.85. The Morgan fingerprint density at radius 3 is 3.05 bits per heavy atom. The first-order valence-corrected chi connectivity index (χ1v) is 8.40. The molecule has 0 N–H and O–H groups in total. The van der Waals surface area contributed by atoms with E-state index in [0.717, 1.165) is 38.4 Å². The molecule has 1 aromatic heterocycles. The molecular weight excluding hydrogens is 268 g/mol. The lowest BCUT2D eigenvalue weighted by atomic mass is 10.2. The Hall–Kier alpha value is -1.25. The van der Waals surface area contributed by atoms with Gasteiger partial charge in [0, 0.05) is 38.1 Å². The van der Waals surface area contributed by atoms with E-state index in [1.54, 1.807) is 6.20 Å². The van der Waals surface area contributed by atoms with Crippen LogP contribution in [0.25, 0.3) is 0 Å². The van der Waals surface area contributed by atoms with Crippen LogP contribution in [-0.4, -0.2) is 54.1 Å². The fraction of sp³-hybridized carbons (Fsp3) is 0.600. The Bertz CT molecular complexity index is 457. The van der Waals surface area contributed by atoms with Gasteiger partial charge in [-0.15, -0.1) is 0 Å². The maximum atomic E-state index is 9.18. The summed E-state index contributed by atoms with van der Waals surface area (Å²) in [5.41, 5.74) is 0.683. The molecule has 0 aliphatic carbocycles. The lowest BCUT2D eigenvalue weighted by molar-refractivity contribution is 0.312. The van der Waals surface area contributed by atoms with Crippen LogP contribution in [0, 0.1) is 11.3 Å². The number of thioether (sulfide) groups is 1. The van der Waals surface area contributed by atoms with Gasteiger partial charge in [0.15, 0.2) is 0 Å². The van der Waals surface area contributed by atoms with Crippen LogP contribution in [0.4, 0.5) is 5.82 Å². The van der Waals surface area contributed by atoms with Crippen LogP contribution in [0.5, 0.6) is 0 Å². The van der Waals surface area contributed by atoms with Crippen molar-refractivity contribution in [3.8, 4) is 6.07 Å². The van der Waals surface area contributed by atoms with Gasteiger partial charge >= 0.3 is 0 Å². The van der Waals surface area contributed by atoms with Gasteiger partial charge in [0.05, 0.1) is 5.56 Å². The van der Waals surface area contributed by atoms with Gasteiger partial charge in [-0.3, -0.25) is 0 Å². The summed E-state index contributed by atoms with van der Waals surface area (Å²) < 4.78 is 0. The van der Waals surface area contributed by atoms with E-state index in [9.17, 15) is 5.26 Å². The molecule has 20 heavy (non-hydrogen) atoms. The van der Waals surface area contributed by atoms with E-state index in [1.807, 2.05) is 23.9 Å². The van der Waals surface area contributed by atoms with Gasteiger partial charge in [0.2, 0.25) is 0 Å². The normalized spacial score (nSPS) is 16.7. The largest absolute Gasteiger partial charge is 0.354 e. The van der Waals surface area contributed by atoms with E-state index < -0.39 is 0 Å². The first-order valence-electron chi connectivity index (χ1n) is 7.25. The third kappa shape index (κ3) is 4.12. The zero-order valence-corrected chi connectivity index (χ0v) is 12.9. The van der Waals surface area contributed by atoms with Gasteiger partial charge in [0.1, 0.15) is 11.9 Å². The Labute approximate surface area is 125 Å². The molecule has 2 heterocycles. The lowest BCUT2D eigenvalue weighted by Crippen LogP contribution is -2.32. The van der Waals surface area contributed by atoms with Crippen LogP contribution < -0.4 is 4.90 Å². The molecular formula is C15H22N4S. The van der Waals surface area contributed by atoms with Gasteiger partial charge in [-0.1, -0.05) is 6.92 Å². The quantitative estimate of drug-likeness (QED) is 0.778.